The maximum absolute atomic E-state index is 10.7. The van der Waals surface area contributed by atoms with Crippen LogP contribution in [0.15, 0.2) is 6.20 Å². The molecular formula is C8H13N5O2. The number of nitrogens with one attached hydrogen (secondary N) is 2. The minimum atomic E-state index is -0.426. The first-order chi connectivity index (χ1) is 7.20. The number of aromatic nitrogens is 2. The Labute approximate surface area is 86.6 Å². The van der Waals surface area contributed by atoms with Crippen molar-refractivity contribution >= 4 is 5.82 Å². The Morgan fingerprint density at radius 3 is 3.20 bits per heavy atom. The summed E-state index contributed by atoms with van der Waals surface area (Å²) in [6.45, 7) is 2.52. The van der Waals surface area contributed by atoms with Crippen LogP contribution in [0.25, 0.3) is 0 Å². The summed E-state index contributed by atoms with van der Waals surface area (Å²) < 4.78 is 0. The number of nitrogens with zero attached hydrogens (tertiary/aromatic N) is 3. The number of hydrogen-bond donors (Lipinski definition) is 2. The van der Waals surface area contributed by atoms with Crippen LogP contribution in [0, 0.1) is 10.1 Å². The lowest BCUT2D eigenvalue weighted by atomic mass is 10.1. The Morgan fingerprint density at radius 2 is 2.53 bits per heavy atom. The Morgan fingerprint density at radius 1 is 1.73 bits per heavy atom. The van der Waals surface area contributed by atoms with Gasteiger partial charge in [-0.3, -0.25) is 4.90 Å². The van der Waals surface area contributed by atoms with E-state index in [1.54, 1.807) is 0 Å². The first-order valence-electron chi connectivity index (χ1n) is 4.78. The molecule has 1 aliphatic rings. The topological polar surface area (TPSA) is 87.1 Å². The van der Waals surface area contributed by atoms with Crippen LogP contribution in [-0.2, 0) is 0 Å². The molecule has 1 aromatic heterocycles. The molecule has 2 N–H and O–H groups in total. The van der Waals surface area contributed by atoms with Crippen molar-refractivity contribution < 1.29 is 4.92 Å². The summed E-state index contributed by atoms with van der Waals surface area (Å²) in [7, 11) is 1.96. The van der Waals surface area contributed by atoms with Gasteiger partial charge in [-0.2, -0.15) is 0 Å². The molecule has 0 spiro atoms. The molecule has 1 saturated heterocycles. The summed E-state index contributed by atoms with van der Waals surface area (Å²) >= 11 is 0. The maximum Gasteiger partial charge on any atom is 0.347 e. The molecule has 0 radical (unpaired) electrons. The molecule has 15 heavy (non-hydrogen) atoms. The summed E-state index contributed by atoms with van der Waals surface area (Å²) in [5.74, 6) is -0.00412. The largest absolute Gasteiger partial charge is 0.358 e. The molecular weight excluding hydrogens is 198 g/mol. The van der Waals surface area contributed by atoms with Gasteiger partial charge >= 0.3 is 5.82 Å². The lowest BCUT2D eigenvalue weighted by molar-refractivity contribution is -0.390. The molecule has 2 rings (SSSR count). The first kappa shape index (κ1) is 10.1. The fraction of sp³-hybridized carbons (Fsp3) is 0.625. The van der Waals surface area contributed by atoms with E-state index in [0.29, 0.717) is 5.56 Å². The molecule has 1 fully saturated rings. The van der Waals surface area contributed by atoms with Crippen molar-refractivity contribution in [2.24, 2.45) is 0 Å². The van der Waals surface area contributed by atoms with Crippen molar-refractivity contribution in [1.82, 2.24) is 20.4 Å². The van der Waals surface area contributed by atoms with Crippen LogP contribution >= 0.6 is 0 Å². The van der Waals surface area contributed by atoms with Gasteiger partial charge in [-0.25, -0.2) is 0 Å². The SMILES string of the molecule is CN1CCNCC1c1cn[nH]c1[N+](=O)[O-]. The summed E-state index contributed by atoms with van der Waals surface area (Å²) in [5.41, 5.74) is 0.648. The van der Waals surface area contributed by atoms with Crippen molar-refractivity contribution in [3.8, 4) is 0 Å². The molecule has 1 aliphatic heterocycles. The van der Waals surface area contributed by atoms with Gasteiger partial charge in [-0.1, -0.05) is 5.10 Å². The highest BCUT2D eigenvalue weighted by molar-refractivity contribution is 5.33. The average molecular weight is 211 g/mol. The lowest BCUT2D eigenvalue weighted by Crippen LogP contribution is -2.43. The van der Waals surface area contributed by atoms with Gasteiger partial charge in [-0.05, 0) is 12.0 Å². The van der Waals surface area contributed by atoms with Crippen LogP contribution < -0.4 is 5.32 Å². The highest BCUT2D eigenvalue weighted by atomic mass is 16.6. The molecule has 0 amide bonds. The third kappa shape index (κ3) is 1.83. The smallest absolute Gasteiger partial charge is 0.347 e. The number of rotatable bonds is 2. The fourth-order valence-corrected chi connectivity index (χ4v) is 1.83. The van der Waals surface area contributed by atoms with Gasteiger partial charge < -0.3 is 15.4 Å². The van der Waals surface area contributed by atoms with E-state index >= 15 is 0 Å². The van der Waals surface area contributed by atoms with E-state index in [1.165, 1.54) is 6.20 Å². The first-order valence-corrected chi connectivity index (χ1v) is 4.78. The van der Waals surface area contributed by atoms with Crippen molar-refractivity contribution in [3.05, 3.63) is 21.9 Å². The van der Waals surface area contributed by atoms with Gasteiger partial charge in [0.15, 0.2) is 0 Å². The molecule has 7 nitrogen and oxygen atoms in total. The predicted octanol–water partition coefficient (Wildman–Crippen LogP) is -0.106. The third-order valence-corrected chi connectivity index (χ3v) is 2.70. The van der Waals surface area contributed by atoms with Gasteiger partial charge in [-0.15, -0.1) is 5.10 Å². The van der Waals surface area contributed by atoms with Gasteiger partial charge in [0, 0.05) is 19.6 Å². The quantitative estimate of drug-likeness (QED) is 0.526. The van der Waals surface area contributed by atoms with Crippen LogP contribution in [0.3, 0.4) is 0 Å². The van der Waals surface area contributed by atoms with Gasteiger partial charge in [0.25, 0.3) is 0 Å². The van der Waals surface area contributed by atoms with Gasteiger partial charge in [0.1, 0.15) is 0 Å². The zero-order valence-corrected chi connectivity index (χ0v) is 8.43. The van der Waals surface area contributed by atoms with Gasteiger partial charge in [0.2, 0.25) is 0 Å². The summed E-state index contributed by atoms with van der Waals surface area (Å²) in [6.07, 6.45) is 1.53. The van der Waals surface area contributed by atoms with Crippen LogP contribution in [0.5, 0.6) is 0 Å². The number of H-pyrrole nitrogens is 1. The van der Waals surface area contributed by atoms with Gasteiger partial charge in [0.05, 0.1) is 17.8 Å². The van der Waals surface area contributed by atoms with Crippen LogP contribution in [0.2, 0.25) is 0 Å². The Hall–Kier alpha value is -1.47. The number of hydrogen-bond acceptors (Lipinski definition) is 5. The molecule has 82 valence electrons. The summed E-state index contributed by atoms with van der Waals surface area (Å²) in [5, 5.41) is 20.1. The summed E-state index contributed by atoms with van der Waals surface area (Å²) in [4.78, 5) is 12.4. The average Bonchev–Trinajstić information content (AvgIpc) is 2.67. The van der Waals surface area contributed by atoms with E-state index < -0.39 is 4.92 Å². The molecule has 0 bridgehead atoms. The van der Waals surface area contributed by atoms with Crippen LogP contribution in [-0.4, -0.2) is 46.7 Å². The van der Waals surface area contributed by atoms with E-state index in [0.717, 1.165) is 19.6 Å². The number of nitro groups is 1. The van der Waals surface area contributed by atoms with E-state index in [-0.39, 0.29) is 11.9 Å². The molecule has 1 aromatic rings. The monoisotopic (exact) mass is 211 g/mol. The normalized spacial score (nSPS) is 22.9. The second kappa shape index (κ2) is 3.95. The molecule has 0 aliphatic carbocycles. The molecule has 7 heteroatoms. The minimum Gasteiger partial charge on any atom is -0.358 e. The zero-order valence-electron chi connectivity index (χ0n) is 8.43. The van der Waals surface area contributed by atoms with Crippen molar-refractivity contribution in [3.63, 3.8) is 0 Å². The number of aromatic amines is 1. The molecule has 1 unspecified atom stereocenters. The molecule has 0 saturated carbocycles. The predicted molar refractivity (Wildman–Crippen MR) is 53.5 cm³/mol. The standard InChI is InChI=1S/C8H13N5O2/c1-12-3-2-9-5-7(12)6-4-10-11-8(6)13(14)15/h4,7,9H,2-3,5H2,1H3,(H,10,11). The Balaban J connectivity index is 2.27. The molecule has 2 heterocycles. The van der Waals surface area contributed by atoms with Crippen LogP contribution in [0.1, 0.15) is 11.6 Å². The Bertz CT molecular complexity index is 364. The highest BCUT2D eigenvalue weighted by Crippen LogP contribution is 2.26. The minimum absolute atomic E-state index is 0.00412. The number of piperazine rings is 1. The Kier molecular flexibility index (Phi) is 2.65. The molecule has 1 atom stereocenters. The van der Waals surface area contributed by atoms with E-state index in [9.17, 15) is 10.1 Å². The zero-order chi connectivity index (χ0) is 10.8. The maximum atomic E-state index is 10.7. The van der Waals surface area contributed by atoms with E-state index in [2.05, 4.69) is 20.4 Å². The molecule has 0 aromatic carbocycles. The lowest BCUT2D eigenvalue weighted by Gasteiger charge is -2.31. The highest BCUT2D eigenvalue weighted by Gasteiger charge is 2.28. The van der Waals surface area contributed by atoms with Crippen molar-refractivity contribution in [2.45, 2.75) is 6.04 Å². The van der Waals surface area contributed by atoms with Crippen molar-refractivity contribution in [1.29, 1.82) is 0 Å². The number of likely N-dealkylation sites (N-methyl/N-ethyl adjacent to an activating group) is 1. The fourth-order valence-electron chi connectivity index (χ4n) is 1.83. The second-order valence-electron chi connectivity index (χ2n) is 3.63. The van der Waals surface area contributed by atoms with E-state index in [1.807, 2.05) is 7.05 Å². The van der Waals surface area contributed by atoms with Crippen LogP contribution in [0.4, 0.5) is 5.82 Å². The second-order valence-corrected chi connectivity index (χ2v) is 3.63. The van der Waals surface area contributed by atoms with E-state index in [4.69, 9.17) is 0 Å². The third-order valence-electron chi connectivity index (χ3n) is 2.70. The van der Waals surface area contributed by atoms with Crippen molar-refractivity contribution in [2.75, 3.05) is 26.7 Å². The summed E-state index contributed by atoms with van der Waals surface area (Å²) in [6, 6.07) is 0.0258.